The van der Waals surface area contributed by atoms with Crippen LogP contribution in [0.4, 0.5) is 8.78 Å². The van der Waals surface area contributed by atoms with E-state index in [0.717, 1.165) is 7.57 Å². The topological polar surface area (TPSA) is 0 Å². The summed E-state index contributed by atoms with van der Waals surface area (Å²) in [5.41, 5.74) is 0.585. The van der Waals surface area contributed by atoms with Crippen molar-refractivity contribution in [3.63, 3.8) is 0 Å². The molecule has 1 atom stereocenters. The molecular weight excluding hydrogens is 382 g/mol. The molecule has 0 amide bonds. The van der Waals surface area contributed by atoms with E-state index in [4.69, 9.17) is 0 Å². The van der Waals surface area contributed by atoms with Gasteiger partial charge in [-0.3, -0.25) is 0 Å². The van der Waals surface area contributed by atoms with Crippen LogP contribution in [0.5, 0.6) is 0 Å². The second-order valence-corrected chi connectivity index (χ2v) is 6.75. The van der Waals surface area contributed by atoms with Crippen LogP contribution in [0.1, 0.15) is 10.4 Å². The van der Waals surface area contributed by atoms with Crippen molar-refractivity contribution in [2.45, 2.75) is 11.3 Å². The number of rotatable bonds is 2. The molecule has 0 bridgehead atoms. The van der Waals surface area contributed by atoms with Gasteiger partial charge in [-0.25, -0.2) is 8.78 Å². The Balaban J connectivity index is 2.94. The predicted molar refractivity (Wildman–Crippen MR) is 57.4 cm³/mol. The molecule has 0 aliphatic carbocycles. The molecule has 0 fully saturated rings. The van der Waals surface area contributed by atoms with E-state index in [-0.39, 0.29) is 0 Å². The summed E-state index contributed by atoms with van der Waals surface area (Å²) in [4.78, 5) is -0.894. The molecule has 0 nitrogen and oxygen atoms in total. The van der Waals surface area contributed by atoms with Gasteiger partial charge in [-0.05, 0) is 43.5 Å². The molecule has 1 aromatic heterocycles. The lowest BCUT2D eigenvalue weighted by atomic mass is 10.2. The first-order chi connectivity index (χ1) is 5.52. The Kier molecular flexibility index (Phi) is 4.14. The zero-order valence-electron chi connectivity index (χ0n) is 5.53. The van der Waals surface area contributed by atoms with Gasteiger partial charge in [-0.15, -0.1) is 11.3 Å². The number of thiophene rings is 1. The lowest BCUT2D eigenvalue weighted by Crippen LogP contribution is -2.00. The Morgan fingerprint density at radius 1 is 1.33 bits per heavy atom. The summed E-state index contributed by atoms with van der Waals surface area (Å²) in [7, 11) is 0. The van der Waals surface area contributed by atoms with Crippen LogP contribution in [0.15, 0.2) is 13.6 Å². The van der Waals surface area contributed by atoms with Gasteiger partial charge in [0, 0.05) is 0 Å². The predicted octanol–water partition coefficient (Wildman–Crippen LogP) is 4.97. The molecule has 6 heteroatoms. The van der Waals surface area contributed by atoms with Gasteiger partial charge in [0.15, 0.2) is 0 Å². The van der Waals surface area contributed by atoms with Crippen LogP contribution < -0.4 is 0 Å². The minimum Gasteiger partial charge on any atom is -0.209 e. The van der Waals surface area contributed by atoms with Crippen molar-refractivity contribution >= 4 is 59.1 Å². The molecule has 0 spiro atoms. The normalized spacial score (nSPS) is 13.8. The lowest BCUT2D eigenvalue weighted by Gasteiger charge is -2.05. The molecule has 0 saturated heterocycles. The van der Waals surface area contributed by atoms with E-state index in [9.17, 15) is 8.78 Å². The van der Waals surface area contributed by atoms with Crippen LogP contribution in [0.25, 0.3) is 0 Å². The molecule has 0 saturated carbocycles. The third kappa shape index (κ3) is 2.49. The lowest BCUT2D eigenvalue weighted by molar-refractivity contribution is 0.147. The van der Waals surface area contributed by atoms with E-state index in [0.29, 0.717) is 5.56 Å². The minimum atomic E-state index is -2.39. The summed E-state index contributed by atoms with van der Waals surface area (Å²) in [5.74, 6) is 0. The van der Waals surface area contributed by atoms with E-state index in [2.05, 4.69) is 47.8 Å². The molecule has 1 aromatic rings. The maximum absolute atomic E-state index is 12.2. The quantitative estimate of drug-likeness (QED) is 0.631. The molecule has 1 heterocycles. The maximum Gasteiger partial charge on any atom is 0.255 e. The van der Waals surface area contributed by atoms with Gasteiger partial charge in [0.2, 0.25) is 0 Å². The second-order valence-electron chi connectivity index (χ2n) is 2.02. The molecule has 0 aliphatic heterocycles. The molecule has 12 heavy (non-hydrogen) atoms. The van der Waals surface area contributed by atoms with Crippen molar-refractivity contribution in [2.75, 3.05) is 0 Å². The third-order valence-electron chi connectivity index (χ3n) is 1.20. The number of halogens is 5. The van der Waals surface area contributed by atoms with Crippen LogP contribution in [0.3, 0.4) is 0 Å². The molecule has 0 aromatic carbocycles. The van der Waals surface area contributed by atoms with Gasteiger partial charge in [-0.1, -0.05) is 15.9 Å². The van der Waals surface area contributed by atoms with Crippen LogP contribution in [-0.4, -0.2) is 6.43 Å². The average molecular weight is 385 g/mol. The fourth-order valence-electron chi connectivity index (χ4n) is 0.677. The molecule has 68 valence electrons. The first kappa shape index (κ1) is 11.1. The molecule has 0 radical (unpaired) electrons. The number of hydrogen-bond acceptors (Lipinski definition) is 1. The van der Waals surface area contributed by atoms with Gasteiger partial charge in [0.25, 0.3) is 6.43 Å². The Labute approximate surface area is 97.7 Å². The summed E-state index contributed by atoms with van der Waals surface area (Å²) >= 11 is 10.7. The summed E-state index contributed by atoms with van der Waals surface area (Å²) in [6, 6.07) is 1.68. The highest BCUT2D eigenvalue weighted by Gasteiger charge is 2.22. The molecule has 0 aliphatic rings. The first-order valence-electron chi connectivity index (χ1n) is 2.89. The van der Waals surface area contributed by atoms with Gasteiger partial charge in [-0.2, -0.15) is 0 Å². The van der Waals surface area contributed by atoms with Crippen LogP contribution >= 0.6 is 59.1 Å². The van der Waals surface area contributed by atoms with E-state index < -0.39 is 11.3 Å². The second kappa shape index (κ2) is 4.48. The summed E-state index contributed by atoms with van der Waals surface area (Å²) in [5, 5.41) is 0. The first-order valence-corrected chi connectivity index (χ1v) is 6.21. The van der Waals surface area contributed by atoms with Gasteiger partial charge < -0.3 is 0 Å². The Hall–Kier alpha value is 1.000. The highest BCUT2D eigenvalue weighted by Crippen LogP contribution is 2.41. The number of hydrogen-bond donors (Lipinski definition) is 0. The van der Waals surface area contributed by atoms with Crippen molar-refractivity contribution in [3.8, 4) is 0 Å². The zero-order chi connectivity index (χ0) is 9.30. The Morgan fingerprint density at radius 2 is 1.92 bits per heavy atom. The van der Waals surface area contributed by atoms with Gasteiger partial charge in [0.1, 0.15) is 4.83 Å². The van der Waals surface area contributed by atoms with E-state index in [1.54, 1.807) is 6.07 Å². The fraction of sp³-hybridized carbons (Fsp3) is 0.333. The SMILES string of the molecule is FC(F)C(Br)c1cc(Br)sc1Br. The molecule has 0 N–H and O–H groups in total. The Bertz CT molecular complexity index is 274. The fourth-order valence-corrected chi connectivity index (χ4v) is 4.43. The molecule has 1 rings (SSSR count). The average Bonchev–Trinajstić information content (AvgIpc) is 2.28. The third-order valence-corrected chi connectivity index (χ3v) is 4.48. The summed E-state index contributed by atoms with van der Waals surface area (Å²) in [6.45, 7) is 0. The van der Waals surface area contributed by atoms with Crippen molar-refractivity contribution in [3.05, 3.63) is 19.2 Å². The van der Waals surface area contributed by atoms with Gasteiger partial charge in [0.05, 0.1) is 7.57 Å². The largest absolute Gasteiger partial charge is 0.255 e. The smallest absolute Gasteiger partial charge is 0.209 e. The van der Waals surface area contributed by atoms with Crippen molar-refractivity contribution in [1.82, 2.24) is 0 Å². The van der Waals surface area contributed by atoms with Crippen molar-refractivity contribution in [1.29, 1.82) is 0 Å². The standard InChI is InChI=1S/C6H3Br3F2S/c7-3-1-2(5(9)12-3)4(8)6(10)11/h1,4,6H. The highest BCUT2D eigenvalue weighted by molar-refractivity contribution is 9.12. The van der Waals surface area contributed by atoms with E-state index in [1.807, 2.05) is 0 Å². The van der Waals surface area contributed by atoms with Gasteiger partial charge >= 0.3 is 0 Å². The van der Waals surface area contributed by atoms with Crippen molar-refractivity contribution in [2.24, 2.45) is 0 Å². The summed E-state index contributed by atoms with van der Waals surface area (Å²) in [6.07, 6.45) is -2.39. The maximum atomic E-state index is 12.2. The monoisotopic (exact) mass is 382 g/mol. The van der Waals surface area contributed by atoms with Crippen LogP contribution in [0, 0.1) is 0 Å². The van der Waals surface area contributed by atoms with Crippen LogP contribution in [0.2, 0.25) is 0 Å². The molecular formula is C6H3Br3F2S. The highest BCUT2D eigenvalue weighted by atomic mass is 79.9. The minimum absolute atomic E-state index is 0.585. The van der Waals surface area contributed by atoms with E-state index >= 15 is 0 Å². The van der Waals surface area contributed by atoms with Crippen LogP contribution in [-0.2, 0) is 0 Å². The zero-order valence-corrected chi connectivity index (χ0v) is 11.1. The van der Waals surface area contributed by atoms with E-state index in [1.165, 1.54) is 11.3 Å². The molecule has 1 unspecified atom stereocenters. The Morgan fingerprint density at radius 3 is 2.25 bits per heavy atom. The van der Waals surface area contributed by atoms with Crippen molar-refractivity contribution < 1.29 is 8.78 Å². The number of alkyl halides is 3. The summed E-state index contributed by atoms with van der Waals surface area (Å²) < 4.78 is 26.0.